The number of hydrogen-bond acceptors (Lipinski definition) is 0. The van der Waals surface area contributed by atoms with Gasteiger partial charge in [-0.25, -0.2) is 0 Å². The molecule has 0 aromatic rings. The summed E-state index contributed by atoms with van der Waals surface area (Å²) in [6.07, 6.45) is 2.06. The van der Waals surface area contributed by atoms with Crippen LogP contribution in [0.15, 0.2) is 12.7 Å². The van der Waals surface area contributed by atoms with Gasteiger partial charge in [-0.15, -0.1) is 0 Å². The van der Waals surface area contributed by atoms with E-state index in [0.717, 1.165) is 0 Å². The van der Waals surface area contributed by atoms with E-state index in [4.69, 9.17) is 0 Å². The molecule has 6 heavy (non-hydrogen) atoms. The first-order valence-electron chi connectivity index (χ1n) is 2.52. The van der Waals surface area contributed by atoms with Crippen LogP contribution in [0, 0.1) is 0 Å². The minimum atomic E-state index is -0.291. The maximum atomic E-state index is 3.65. The van der Waals surface area contributed by atoms with Gasteiger partial charge in [0.15, 0.2) is 0 Å². The van der Waals surface area contributed by atoms with Crippen LogP contribution in [0.1, 0.15) is 6.92 Å². The molecule has 0 amide bonds. The van der Waals surface area contributed by atoms with Crippen molar-refractivity contribution in [1.82, 2.24) is 0 Å². The van der Waals surface area contributed by atoms with Crippen molar-refractivity contribution in [2.75, 3.05) is 0 Å². The second-order valence-electron chi connectivity index (χ2n) is 1.43. The van der Waals surface area contributed by atoms with Gasteiger partial charge in [0.1, 0.15) is 0 Å². The van der Waals surface area contributed by atoms with Crippen LogP contribution in [-0.2, 0) is 24.6 Å². The van der Waals surface area contributed by atoms with Crippen molar-refractivity contribution < 1.29 is 24.6 Å². The van der Waals surface area contributed by atoms with E-state index in [2.05, 4.69) is 19.6 Å². The molecule has 32 valence electrons. The molecule has 0 heterocycles. The van der Waals surface area contributed by atoms with Gasteiger partial charge in [-0.2, -0.15) is 0 Å². The van der Waals surface area contributed by atoms with Gasteiger partial charge < -0.3 is 0 Å². The quantitative estimate of drug-likeness (QED) is 0.419. The van der Waals surface area contributed by atoms with Gasteiger partial charge in [-0.1, -0.05) is 0 Å². The number of allylic oxidation sites excluding steroid dienone is 1. The monoisotopic (exact) mass is 272 g/mol. The second-order valence-corrected chi connectivity index (χ2v) is 10.3. The Balaban J connectivity index is 2.49. The molecule has 0 fully saturated rings. The molecule has 0 spiro atoms. The Morgan fingerprint density at radius 2 is 2.50 bits per heavy atom. The zero-order valence-corrected chi connectivity index (χ0v) is 9.90. The average molecular weight is 271 g/mol. The Morgan fingerprint density at radius 1 is 1.83 bits per heavy atom. The van der Waals surface area contributed by atoms with Gasteiger partial charge >= 0.3 is 52.0 Å². The predicted octanol–water partition coefficient (Wildman–Crippen LogP) is 2.11. The van der Waals surface area contributed by atoms with Crippen molar-refractivity contribution in [1.29, 1.82) is 0 Å². The summed E-state index contributed by atoms with van der Waals surface area (Å²) in [6, 6.07) is 0. The molecular formula is C5H10Hg. The van der Waals surface area contributed by atoms with Crippen LogP contribution in [0.25, 0.3) is 0 Å². The molecule has 0 unspecified atom stereocenters. The average Bonchev–Trinajstić information content (AvgIpc) is 1.61. The molecule has 0 N–H and O–H groups in total. The van der Waals surface area contributed by atoms with Gasteiger partial charge in [0.2, 0.25) is 0 Å². The van der Waals surface area contributed by atoms with Crippen LogP contribution in [0.3, 0.4) is 0 Å². The summed E-state index contributed by atoms with van der Waals surface area (Å²) in [4.78, 5) is 0. The van der Waals surface area contributed by atoms with Crippen molar-refractivity contribution in [2.45, 2.75) is 14.8 Å². The Kier molecular flexibility index (Phi) is 6.31. The first-order chi connectivity index (χ1) is 2.91. The summed E-state index contributed by atoms with van der Waals surface area (Å²) in [5.74, 6) is 0. The van der Waals surface area contributed by atoms with Crippen LogP contribution < -0.4 is 0 Å². The maximum absolute atomic E-state index is 3.65. The van der Waals surface area contributed by atoms with Crippen LogP contribution in [-0.4, -0.2) is 0 Å². The van der Waals surface area contributed by atoms with E-state index in [1.165, 1.54) is 7.86 Å². The minimum absolute atomic E-state index is 0.291. The van der Waals surface area contributed by atoms with Gasteiger partial charge in [0, 0.05) is 0 Å². The third-order valence-corrected chi connectivity index (χ3v) is 6.68. The zero-order valence-electron chi connectivity index (χ0n) is 4.41. The molecule has 0 atom stereocenters. The molecule has 0 aromatic carbocycles. The predicted molar refractivity (Wildman–Crippen MR) is 25.5 cm³/mol. The first kappa shape index (κ1) is 6.68. The molecule has 0 saturated carbocycles. The summed E-state index contributed by atoms with van der Waals surface area (Å²) in [7, 11) is 0. The Bertz CT molecular complexity index is 32.9. The standard InChI is InChI=1S/C3H5.C2H5.Hg/c1-3-2;1-2;/h3H,1-2H2;1H2,2H3;. The van der Waals surface area contributed by atoms with Crippen LogP contribution in [0.2, 0.25) is 7.86 Å². The van der Waals surface area contributed by atoms with E-state index in [0.29, 0.717) is 0 Å². The van der Waals surface area contributed by atoms with Crippen LogP contribution in [0.5, 0.6) is 0 Å². The molecule has 0 radical (unpaired) electrons. The van der Waals surface area contributed by atoms with E-state index < -0.39 is 0 Å². The first-order valence-corrected chi connectivity index (χ1v) is 10.3. The summed E-state index contributed by atoms with van der Waals surface area (Å²) in [5, 5.41) is 0. The van der Waals surface area contributed by atoms with Crippen molar-refractivity contribution in [3.05, 3.63) is 12.7 Å². The van der Waals surface area contributed by atoms with Gasteiger partial charge in [0.05, 0.1) is 0 Å². The fourth-order valence-corrected chi connectivity index (χ4v) is 3.06. The number of hydrogen-bond donors (Lipinski definition) is 0. The van der Waals surface area contributed by atoms with Crippen LogP contribution in [0.4, 0.5) is 0 Å². The molecule has 0 aliphatic carbocycles. The zero-order chi connectivity index (χ0) is 4.83. The Morgan fingerprint density at radius 3 is 2.67 bits per heavy atom. The molecule has 0 rings (SSSR count). The molecule has 0 nitrogen and oxygen atoms in total. The normalized spacial score (nSPS) is 6.83. The number of rotatable bonds is 3. The van der Waals surface area contributed by atoms with Gasteiger partial charge in [-0.05, 0) is 0 Å². The third-order valence-electron chi connectivity index (χ3n) is 0.762. The summed E-state index contributed by atoms with van der Waals surface area (Å²) in [6.45, 7) is 5.94. The molecular weight excluding hydrogens is 261 g/mol. The van der Waals surface area contributed by atoms with E-state index in [9.17, 15) is 0 Å². The topological polar surface area (TPSA) is 0 Å². The van der Waals surface area contributed by atoms with Crippen molar-refractivity contribution in [2.24, 2.45) is 0 Å². The molecule has 0 saturated heterocycles. The Labute approximate surface area is 52.1 Å². The van der Waals surface area contributed by atoms with Gasteiger partial charge in [0.25, 0.3) is 0 Å². The summed E-state index contributed by atoms with van der Waals surface area (Å²) >= 11 is -0.291. The van der Waals surface area contributed by atoms with E-state index in [1.54, 1.807) is 0 Å². The van der Waals surface area contributed by atoms with Crippen molar-refractivity contribution in [3.8, 4) is 0 Å². The van der Waals surface area contributed by atoms with Crippen molar-refractivity contribution in [3.63, 3.8) is 0 Å². The Hall–Kier alpha value is 0.675. The fraction of sp³-hybridized carbons (Fsp3) is 0.600. The fourth-order valence-electron chi connectivity index (χ4n) is 0.348. The summed E-state index contributed by atoms with van der Waals surface area (Å²) < 4.78 is 2.91. The van der Waals surface area contributed by atoms with E-state index >= 15 is 0 Å². The molecule has 0 bridgehead atoms. The molecule has 0 aromatic heterocycles. The molecule has 0 aliphatic heterocycles. The molecule has 1 heteroatoms. The second kappa shape index (κ2) is 5.68. The van der Waals surface area contributed by atoms with E-state index in [-0.39, 0.29) is 24.6 Å². The van der Waals surface area contributed by atoms with E-state index in [1.807, 2.05) is 0 Å². The van der Waals surface area contributed by atoms with Gasteiger partial charge in [-0.3, -0.25) is 0 Å². The van der Waals surface area contributed by atoms with Crippen molar-refractivity contribution >= 4 is 0 Å². The SMILES string of the molecule is C=C[CH2][Hg][CH2]C. The van der Waals surface area contributed by atoms with Crippen LogP contribution >= 0.6 is 0 Å². The third kappa shape index (κ3) is 4.68. The molecule has 0 aliphatic rings. The summed E-state index contributed by atoms with van der Waals surface area (Å²) in [5.41, 5.74) is 0.